The van der Waals surface area contributed by atoms with Crippen LogP contribution in [0.4, 0.5) is 0 Å². The molecule has 1 saturated heterocycles. The lowest BCUT2D eigenvalue weighted by Gasteiger charge is -2.31. The summed E-state index contributed by atoms with van der Waals surface area (Å²) < 4.78 is 30.9. The van der Waals surface area contributed by atoms with Gasteiger partial charge in [0.05, 0.1) is 43.8 Å². The number of aromatic nitrogens is 1. The molecule has 1 aromatic carbocycles. The van der Waals surface area contributed by atoms with Crippen molar-refractivity contribution < 1.29 is 38.1 Å². The molecule has 4 aliphatic rings. The predicted molar refractivity (Wildman–Crippen MR) is 178 cm³/mol. The van der Waals surface area contributed by atoms with Crippen LogP contribution in [-0.4, -0.2) is 76.7 Å². The number of rotatable bonds is 7. The van der Waals surface area contributed by atoms with Gasteiger partial charge in [0.15, 0.2) is 5.78 Å². The number of amides is 1. The van der Waals surface area contributed by atoms with Crippen LogP contribution < -0.4 is 9.47 Å². The lowest BCUT2D eigenvalue weighted by atomic mass is 9.86. The molecule has 254 valence electrons. The number of benzene rings is 1. The number of aryl methyl sites for hydroxylation is 1. The number of esters is 1. The summed E-state index contributed by atoms with van der Waals surface area (Å²) in [5.41, 5.74) is 1.02. The molecule has 4 bridgehead atoms. The second-order valence-electron chi connectivity index (χ2n) is 14.0. The van der Waals surface area contributed by atoms with Crippen molar-refractivity contribution in [2.75, 3.05) is 26.9 Å². The van der Waals surface area contributed by atoms with E-state index in [0.717, 1.165) is 67.0 Å². The van der Waals surface area contributed by atoms with Gasteiger partial charge >= 0.3 is 5.97 Å². The van der Waals surface area contributed by atoms with Crippen molar-refractivity contribution in [1.82, 2.24) is 9.88 Å². The third-order valence-corrected chi connectivity index (χ3v) is 13.4. The number of Topliss-reactive ketones (excluding diaryl/α,β-unsaturated/α-hetero) is 1. The summed E-state index contributed by atoms with van der Waals surface area (Å²) in [5, 5.41) is 0.671. The maximum atomic E-state index is 14.5. The highest BCUT2D eigenvalue weighted by Gasteiger charge is 2.63. The minimum absolute atomic E-state index is 0.0257. The molecule has 1 aromatic heterocycles. The smallest absolute Gasteiger partial charge is 0.306 e. The SMILES string of the molecule is C=CC1CC1(CC(=O)[C@@H]1C[C@@H]2CN1C(=O)[C@H](C1CCCC1)CC(=O)OCCCCCc1cc3c(nccc3cc1OC)O2)P(C)(=O)O. The fourth-order valence-corrected chi connectivity index (χ4v) is 9.91. The molecule has 47 heavy (non-hydrogen) atoms. The first-order chi connectivity index (χ1) is 22.5. The predicted octanol–water partition coefficient (Wildman–Crippen LogP) is 5.86. The zero-order valence-corrected chi connectivity index (χ0v) is 28.4. The van der Waals surface area contributed by atoms with Gasteiger partial charge in [0.25, 0.3) is 0 Å². The van der Waals surface area contributed by atoms with Crippen molar-refractivity contribution >= 4 is 35.8 Å². The van der Waals surface area contributed by atoms with Gasteiger partial charge in [0.2, 0.25) is 19.2 Å². The van der Waals surface area contributed by atoms with E-state index in [-0.39, 0.29) is 49.3 Å². The molecular weight excluding hydrogens is 619 g/mol. The fourth-order valence-electron chi connectivity index (χ4n) is 8.21. The van der Waals surface area contributed by atoms with Crippen LogP contribution in [0, 0.1) is 17.8 Å². The molecule has 2 aliphatic heterocycles. The second kappa shape index (κ2) is 13.7. The highest BCUT2D eigenvalue weighted by molar-refractivity contribution is 7.59. The number of ether oxygens (including phenoxy) is 3. The molecule has 6 rings (SSSR count). The molecule has 2 aliphatic carbocycles. The number of hydrogen-bond donors (Lipinski definition) is 1. The number of carbonyl (C=O) groups is 3. The van der Waals surface area contributed by atoms with Crippen LogP contribution in [0.3, 0.4) is 0 Å². The van der Waals surface area contributed by atoms with E-state index in [0.29, 0.717) is 25.3 Å². The number of hydrogen-bond acceptors (Lipinski definition) is 8. The van der Waals surface area contributed by atoms with Crippen molar-refractivity contribution in [2.24, 2.45) is 17.8 Å². The van der Waals surface area contributed by atoms with E-state index in [1.165, 1.54) is 6.66 Å². The van der Waals surface area contributed by atoms with Gasteiger partial charge in [-0.25, -0.2) is 4.98 Å². The zero-order chi connectivity index (χ0) is 33.3. The van der Waals surface area contributed by atoms with Crippen molar-refractivity contribution in [2.45, 2.75) is 94.4 Å². The standard InChI is InChI=1S/C36H47N2O8P/c1-4-26-20-36(26,47(3,42)43)21-31(39)30-18-27-22-38(30)35(41)29(23-10-7-8-11-23)19-33(40)45-15-9-5-6-12-25-16-28-24(17-32(25)44-2)13-14-37-34(28)46-27/h4,13-14,16-17,23,26-27,29-30H,1,5-12,15,18-22H2,2-3H3,(H,42,43)/t26?,27-,29+,30+,36?/m1/s1. The van der Waals surface area contributed by atoms with E-state index < -0.39 is 36.6 Å². The molecule has 6 atom stereocenters. The fraction of sp³-hybridized carbons (Fsp3) is 0.611. The van der Waals surface area contributed by atoms with Gasteiger partial charge in [-0.05, 0) is 85.9 Å². The van der Waals surface area contributed by atoms with Crippen LogP contribution in [0.1, 0.15) is 76.2 Å². The van der Waals surface area contributed by atoms with Crippen LogP contribution >= 0.6 is 7.37 Å². The Balaban J connectivity index is 1.36. The summed E-state index contributed by atoms with van der Waals surface area (Å²) in [6, 6.07) is 5.07. The Kier molecular flexibility index (Phi) is 9.82. The Morgan fingerprint density at radius 3 is 2.70 bits per heavy atom. The number of nitrogens with zero attached hydrogens (tertiary/aromatic N) is 2. The summed E-state index contributed by atoms with van der Waals surface area (Å²) in [4.78, 5) is 58.6. The Hall–Kier alpha value is -3.23. The summed E-state index contributed by atoms with van der Waals surface area (Å²) in [5.74, 6) is -0.512. The van der Waals surface area contributed by atoms with E-state index >= 15 is 0 Å². The lowest BCUT2D eigenvalue weighted by Crippen LogP contribution is -2.46. The number of allylic oxidation sites excluding steroid dienone is 1. The van der Waals surface area contributed by atoms with Crippen LogP contribution in [0.15, 0.2) is 37.1 Å². The first kappa shape index (κ1) is 33.7. The Morgan fingerprint density at radius 1 is 1.21 bits per heavy atom. The largest absolute Gasteiger partial charge is 0.496 e. The van der Waals surface area contributed by atoms with Gasteiger partial charge in [-0.1, -0.05) is 18.9 Å². The Labute approximate surface area is 276 Å². The van der Waals surface area contributed by atoms with E-state index in [9.17, 15) is 23.8 Å². The summed E-state index contributed by atoms with van der Waals surface area (Å²) in [6.07, 6.45) is 10.2. The van der Waals surface area contributed by atoms with E-state index in [2.05, 4.69) is 11.6 Å². The molecule has 2 saturated carbocycles. The molecule has 2 aromatic rings. The first-order valence-electron chi connectivity index (χ1n) is 17.1. The van der Waals surface area contributed by atoms with Crippen molar-refractivity contribution in [3.8, 4) is 11.6 Å². The zero-order valence-electron chi connectivity index (χ0n) is 27.5. The van der Waals surface area contributed by atoms with Gasteiger partial charge < -0.3 is 24.0 Å². The van der Waals surface area contributed by atoms with Gasteiger partial charge in [-0.15, -0.1) is 6.58 Å². The molecule has 10 nitrogen and oxygen atoms in total. The molecular formula is C36H47N2O8P. The van der Waals surface area contributed by atoms with Crippen LogP contribution in [-0.2, 0) is 30.1 Å². The van der Waals surface area contributed by atoms with Gasteiger partial charge in [0, 0.05) is 31.1 Å². The van der Waals surface area contributed by atoms with Crippen LogP contribution in [0.5, 0.6) is 11.6 Å². The first-order valence-corrected chi connectivity index (χ1v) is 19.2. The Bertz CT molecular complexity index is 1580. The molecule has 0 radical (unpaired) electrons. The molecule has 3 unspecified atom stereocenters. The maximum absolute atomic E-state index is 14.5. The van der Waals surface area contributed by atoms with E-state index in [1.807, 2.05) is 18.2 Å². The number of ketones is 1. The average Bonchev–Trinajstić information content (AvgIpc) is 3.34. The summed E-state index contributed by atoms with van der Waals surface area (Å²) in [7, 11) is -2.00. The molecule has 3 heterocycles. The summed E-state index contributed by atoms with van der Waals surface area (Å²) in [6.45, 7) is 5.57. The number of cyclic esters (lactones) is 1. The highest BCUT2D eigenvalue weighted by atomic mass is 31.2. The monoisotopic (exact) mass is 666 g/mol. The van der Waals surface area contributed by atoms with Gasteiger partial charge in [-0.2, -0.15) is 0 Å². The van der Waals surface area contributed by atoms with E-state index in [1.54, 1.807) is 24.3 Å². The number of fused-ring (bicyclic) bond motifs is 3. The average molecular weight is 667 g/mol. The maximum Gasteiger partial charge on any atom is 0.306 e. The Morgan fingerprint density at radius 2 is 2.00 bits per heavy atom. The van der Waals surface area contributed by atoms with E-state index in [4.69, 9.17) is 14.2 Å². The minimum atomic E-state index is -3.65. The van der Waals surface area contributed by atoms with Crippen molar-refractivity contribution in [3.63, 3.8) is 0 Å². The van der Waals surface area contributed by atoms with Gasteiger partial charge in [-0.3, -0.25) is 18.9 Å². The molecule has 1 N–H and O–H groups in total. The van der Waals surface area contributed by atoms with Crippen LogP contribution in [0.25, 0.3) is 10.8 Å². The quantitative estimate of drug-likeness (QED) is 0.219. The lowest BCUT2D eigenvalue weighted by molar-refractivity contribution is -0.151. The van der Waals surface area contributed by atoms with Crippen molar-refractivity contribution in [3.05, 3.63) is 42.6 Å². The molecule has 3 fully saturated rings. The number of methoxy groups -OCH3 is 1. The topological polar surface area (TPSA) is 132 Å². The summed E-state index contributed by atoms with van der Waals surface area (Å²) >= 11 is 0. The minimum Gasteiger partial charge on any atom is -0.496 e. The van der Waals surface area contributed by atoms with Crippen molar-refractivity contribution in [1.29, 1.82) is 0 Å². The molecule has 1 amide bonds. The second-order valence-corrected chi connectivity index (χ2v) is 16.7. The highest BCUT2D eigenvalue weighted by Crippen LogP contribution is 2.71. The normalized spacial score (nSPS) is 30.2. The van der Waals surface area contributed by atoms with Gasteiger partial charge in [0.1, 0.15) is 11.9 Å². The third kappa shape index (κ3) is 6.86. The molecule has 11 heteroatoms. The number of carbonyl (C=O) groups excluding carboxylic acids is 3. The number of pyridine rings is 1. The van der Waals surface area contributed by atoms with Crippen LogP contribution in [0.2, 0.25) is 0 Å². The molecule has 0 spiro atoms. The third-order valence-electron chi connectivity index (χ3n) is 11.0.